The van der Waals surface area contributed by atoms with Crippen molar-refractivity contribution < 1.29 is 19.4 Å². The van der Waals surface area contributed by atoms with Gasteiger partial charge in [0.15, 0.2) is 6.10 Å². The molecule has 1 fully saturated rings. The minimum absolute atomic E-state index is 0.268. The number of rotatable bonds is 6. The van der Waals surface area contributed by atoms with E-state index in [1.165, 1.54) is 0 Å². The maximum atomic E-state index is 12.5. The number of hydrogen-bond acceptors (Lipinski definition) is 5. The predicted molar refractivity (Wildman–Crippen MR) is 132 cm³/mol. The highest BCUT2D eigenvalue weighted by molar-refractivity contribution is 5.86. The van der Waals surface area contributed by atoms with E-state index in [4.69, 9.17) is 9.47 Å². The van der Waals surface area contributed by atoms with E-state index in [9.17, 15) is 9.90 Å². The molecule has 0 radical (unpaired) electrons. The van der Waals surface area contributed by atoms with E-state index in [0.29, 0.717) is 11.3 Å². The topological polar surface area (TPSA) is 71.9 Å². The number of carbonyl (C=O) groups is 1. The van der Waals surface area contributed by atoms with Crippen LogP contribution in [0.2, 0.25) is 0 Å². The van der Waals surface area contributed by atoms with Gasteiger partial charge in [0, 0.05) is 36.1 Å². The fourth-order valence-electron chi connectivity index (χ4n) is 4.44. The van der Waals surface area contributed by atoms with Gasteiger partial charge < -0.3 is 19.5 Å². The average molecular weight is 455 g/mol. The number of methoxy groups -OCH3 is 1. The van der Waals surface area contributed by atoms with Gasteiger partial charge in [-0.25, -0.2) is 4.79 Å². The summed E-state index contributed by atoms with van der Waals surface area (Å²) >= 11 is 0. The average Bonchev–Trinajstić information content (AvgIpc) is 2.71. The van der Waals surface area contributed by atoms with Crippen LogP contribution in [0.1, 0.15) is 70.4 Å². The summed E-state index contributed by atoms with van der Waals surface area (Å²) in [5.74, 6) is -0.184. The fraction of sp³-hybridized carbons (Fsp3) is 0.556. The third kappa shape index (κ3) is 5.67. The maximum Gasteiger partial charge on any atom is 0.337 e. The van der Waals surface area contributed by atoms with E-state index < -0.39 is 17.7 Å². The van der Waals surface area contributed by atoms with Crippen LogP contribution in [0, 0.1) is 19.3 Å². The highest BCUT2D eigenvalue weighted by atomic mass is 16.5. The number of anilines is 1. The molecule has 1 aromatic carbocycles. The van der Waals surface area contributed by atoms with Gasteiger partial charge >= 0.3 is 5.97 Å². The van der Waals surface area contributed by atoms with Crippen LogP contribution < -0.4 is 9.64 Å². The van der Waals surface area contributed by atoms with Gasteiger partial charge in [0.05, 0.1) is 18.4 Å². The van der Waals surface area contributed by atoms with Crippen LogP contribution in [-0.2, 0) is 9.53 Å². The minimum Gasteiger partial charge on any atom is -0.496 e. The zero-order valence-corrected chi connectivity index (χ0v) is 21.3. The Kier molecular flexibility index (Phi) is 7.08. The van der Waals surface area contributed by atoms with Crippen molar-refractivity contribution >= 4 is 11.7 Å². The Morgan fingerprint density at radius 1 is 1.18 bits per heavy atom. The van der Waals surface area contributed by atoms with Crippen LogP contribution in [0.15, 0.2) is 24.4 Å². The SMILES string of the molecule is COc1ccc(-c2cnc(C)c([C@H](OC(C)(C)C)C(=O)O)c2N2CCC(C)(C)CC2)cc1C. The van der Waals surface area contributed by atoms with E-state index in [1.807, 2.05) is 52.9 Å². The number of hydrogen-bond donors (Lipinski definition) is 1. The Morgan fingerprint density at radius 3 is 2.33 bits per heavy atom. The molecule has 6 heteroatoms. The number of aliphatic carboxylic acids is 1. The molecule has 180 valence electrons. The molecule has 1 aromatic heterocycles. The summed E-state index contributed by atoms with van der Waals surface area (Å²) in [5, 5.41) is 10.2. The first-order valence-electron chi connectivity index (χ1n) is 11.6. The molecule has 1 saturated heterocycles. The summed E-state index contributed by atoms with van der Waals surface area (Å²) in [6.45, 7) is 15.8. The second-order valence-electron chi connectivity index (χ2n) is 10.8. The van der Waals surface area contributed by atoms with Gasteiger partial charge in [0.25, 0.3) is 0 Å². The van der Waals surface area contributed by atoms with Gasteiger partial charge in [0.2, 0.25) is 0 Å². The predicted octanol–water partition coefficient (Wildman–Crippen LogP) is 5.94. The molecule has 0 aliphatic carbocycles. The lowest BCUT2D eigenvalue weighted by Crippen LogP contribution is -2.39. The lowest BCUT2D eigenvalue weighted by molar-refractivity contribution is -0.160. The van der Waals surface area contributed by atoms with Crippen LogP contribution in [-0.4, -0.2) is 41.9 Å². The van der Waals surface area contributed by atoms with Crippen LogP contribution in [0.3, 0.4) is 0 Å². The number of aryl methyl sites for hydroxylation is 2. The van der Waals surface area contributed by atoms with Crippen LogP contribution >= 0.6 is 0 Å². The summed E-state index contributed by atoms with van der Waals surface area (Å²) < 4.78 is 11.6. The van der Waals surface area contributed by atoms with E-state index in [1.54, 1.807) is 7.11 Å². The van der Waals surface area contributed by atoms with E-state index >= 15 is 0 Å². The molecule has 0 spiro atoms. The van der Waals surface area contributed by atoms with Crippen molar-refractivity contribution in [2.75, 3.05) is 25.1 Å². The zero-order chi connectivity index (χ0) is 24.6. The molecule has 0 bridgehead atoms. The number of benzene rings is 1. The fourth-order valence-corrected chi connectivity index (χ4v) is 4.44. The molecule has 0 saturated carbocycles. The molecule has 3 rings (SSSR count). The van der Waals surface area contributed by atoms with Crippen molar-refractivity contribution in [1.82, 2.24) is 4.98 Å². The van der Waals surface area contributed by atoms with Crippen LogP contribution in [0.25, 0.3) is 11.1 Å². The number of nitrogens with zero attached hydrogens (tertiary/aromatic N) is 2. The number of aromatic nitrogens is 1. The molecule has 1 atom stereocenters. The summed E-state index contributed by atoms with van der Waals surface area (Å²) in [6.07, 6.45) is 2.83. The highest BCUT2D eigenvalue weighted by Crippen LogP contribution is 2.43. The molecule has 1 aliphatic rings. The highest BCUT2D eigenvalue weighted by Gasteiger charge is 2.35. The van der Waals surface area contributed by atoms with Gasteiger partial charge in [-0.3, -0.25) is 4.98 Å². The largest absolute Gasteiger partial charge is 0.496 e. The van der Waals surface area contributed by atoms with Gasteiger partial charge in [-0.1, -0.05) is 19.9 Å². The smallest absolute Gasteiger partial charge is 0.337 e. The van der Waals surface area contributed by atoms with E-state index in [2.05, 4.69) is 29.8 Å². The van der Waals surface area contributed by atoms with E-state index in [-0.39, 0.29) is 5.41 Å². The van der Waals surface area contributed by atoms with Gasteiger partial charge in [-0.15, -0.1) is 0 Å². The second kappa shape index (κ2) is 9.34. The first-order valence-corrected chi connectivity index (χ1v) is 11.6. The number of piperidine rings is 1. The normalized spacial score (nSPS) is 17.0. The molecule has 0 amide bonds. The van der Waals surface area contributed by atoms with Gasteiger partial charge in [-0.05, 0) is 76.1 Å². The maximum absolute atomic E-state index is 12.5. The van der Waals surface area contributed by atoms with Crippen molar-refractivity contribution in [3.05, 3.63) is 41.2 Å². The van der Waals surface area contributed by atoms with Crippen molar-refractivity contribution in [2.24, 2.45) is 5.41 Å². The first kappa shape index (κ1) is 25.0. The minimum atomic E-state index is -1.11. The molecule has 0 unspecified atom stereocenters. The third-order valence-corrected chi connectivity index (χ3v) is 6.38. The quantitative estimate of drug-likeness (QED) is 0.582. The standard InChI is InChI=1S/C27H38N2O4/c1-17-15-19(9-10-21(17)32-8)20-16-28-18(2)22(24(25(30)31)33-26(3,4)5)23(20)29-13-11-27(6,7)12-14-29/h9-10,15-16,24H,11-14H2,1-8H3,(H,30,31)/t24-/m0/s1. The first-order chi connectivity index (χ1) is 15.3. The Hall–Kier alpha value is -2.60. The number of carboxylic acids is 1. The molecule has 2 aromatic rings. The lowest BCUT2D eigenvalue weighted by atomic mass is 9.82. The van der Waals surface area contributed by atoms with Crippen LogP contribution in [0.5, 0.6) is 5.75 Å². The van der Waals surface area contributed by atoms with Crippen LogP contribution in [0.4, 0.5) is 5.69 Å². The molecule has 2 heterocycles. The summed E-state index contributed by atoms with van der Waals surface area (Å²) in [7, 11) is 1.66. The lowest BCUT2D eigenvalue weighted by Gasteiger charge is -2.41. The molecule has 33 heavy (non-hydrogen) atoms. The summed E-state index contributed by atoms with van der Waals surface area (Å²) in [4.78, 5) is 19.4. The van der Waals surface area contributed by atoms with Crippen molar-refractivity contribution in [3.8, 4) is 16.9 Å². The zero-order valence-electron chi connectivity index (χ0n) is 21.3. The Morgan fingerprint density at radius 2 is 1.82 bits per heavy atom. The molecular formula is C27H38N2O4. The number of carboxylic acid groups (broad SMARTS) is 1. The molecular weight excluding hydrogens is 416 g/mol. The Labute approximate surface area is 197 Å². The van der Waals surface area contributed by atoms with Gasteiger partial charge in [-0.2, -0.15) is 0 Å². The summed E-state index contributed by atoms with van der Waals surface area (Å²) in [5.41, 5.74) is 4.81. The van der Waals surface area contributed by atoms with Gasteiger partial charge in [0.1, 0.15) is 5.75 Å². The third-order valence-electron chi connectivity index (χ3n) is 6.38. The van der Waals surface area contributed by atoms with Crippen molar-refractivity contribution in [1.29, 1.82) is 0 Å². The number of pyridine rings is 1. The summed E-state index contributed by atoms with van der Waals surface area (Å²) in [6, 6.07) is 6.04. The molecule has 6 nitrogen and oxygen atoms in total. The Bertz CT molecular complexity index is 1010. The second-order valence-corrected chi connectivity index (χ2v) is 10.8. The molecule has 1 N–H and O–H groups in total. The number of ether oxygens (including phenoxy) is 2. The van der Waals surface area contributed by atoms with Crippen molar-refractivity contribution in [3.63, 3.8) is 0 Å². The molecule has 1 aliphatic heterocycles. The van der Waals surface area contributed by atoms with E-state index in [0.717, 1.165) is 54.1 Å². The Balaban J connectivity index is 2.25. The monoisotopic (exact) mass is 454 g/mol. The van der Waals surface area contributed by atoms with Crippen molar-refractivity contribution in [2.45, 2.75) is 73.0 Å².